The van der Waals surface area contributed by atoms with Gasteiger partial charge < -0.3 is 10.6 Å². The zero-order valence-corrected chi connectivity index (χ0v) is 15.1. The summed E-state index contributed by atoms with van der Waals surface area (Å²) in [5.74, 6) is -0.616. The van der Waals surface area contributed by atoms with Crippen LogP contribution >= 0.6 is 11.6 Å². The minimum absolute atomic E-state index is 0.284. The van der Waals surface area contributed by atoms with E-state index in [0.29, 0.717) is 22.0 Å². The standard InChI is InChI=1S/C22H17ClN2O2/c23-19-13-12-17(22(27)24-18-9-5-2-6-10-18)15-20(19)25-21(26)14-11-16-7-3-1-4-8-16/h1-15H,(H,24,27)(H,25,26)/b14-11-. The van der Waals surface area contributed by atoms with Crippen molar-refractivity contribution in [1.29, 1.82) is 0 Å². The fraction of sp³-hybridized carbons (Fsp3) is 0. The van der Waals surface area contributed by atoms with Gasteiger partial charge in [0, 0.05) is 17.3 Å². The van der Waals surface area contributed by atoms with Crippen molar-refractivity contribution in [2.24, 2.45) is 0 Å². The zero-order chi connectivity index (χ0) is 19.1. The second-order valence-corrected chi connectivity index (χ2v) is 6.16. The Balaban J connectivity index is 1.70. The molecular formula is C22H17ClN2O2. The number of amides is 2. The summed E-state index contributed by atoms with van der Waals surface area (Å²) in [7, 11) is 0. The van der Waals surface area contributed by atoms with Crippen molar-refractivity contribution >= 4 is 40.9 Å². The molecule has 0 aromatic heterocycles. The third-order valence-electron chi connectivity index (χ3n) is 3.74. The second kappa shape index (κ2) is 8.83. The molecule has 27 heavy (non-hydrogen) atoms. The summed E-state index contributed by atoms with van der Waals surface area (Å²) in [6, 6.07) is 23.4. The number of halogens is 1. The van der Waals surface area contributed by atoms with Gasteiger partial charge in [-0.2, -0.15) is 0 Å². The number of rotatable bonds is 5. The van der Waals surface area contributed by atoms with Crippen molar-refractivity contribution < 1.29 is 9.59 Å². The molecule has 5 heteroatoms. The monoisotopic (exact) mass is 376 g/mol. The van der Waals surface area contributed by atoms with Gasteiger partial charge in [-0.1, -0.05) is 60.1 Å². The van der Waals surface area contributed by atoms with Crippen LogP contribution in [0.1, 0.15) is 15.9 Å². The maximum absolute atomic E-state index is 12.4. The van der Waals surface area contributed by atoms with Crippen LogP contribution in [0.4, 0.5) is 11.4 Å². The minimum atomic E-state index is -0.332. The van der Waals surface area contributed by atoms with Crippen molar-refractivity contribution in [3.05, 3.63) is 101 Å². The average molecular weight is 377 g/mol. The largest absolute Gasteiger partial charge is 0.322 e. The SMILES string of the molecule is O=C(/C=C\c1ccccc1)Nc1cc(C(=O)Nc2ccccc2)ccc1Cl. The predicted octanol–water partition coefficient (Wildman–Crippen LogP) is 5.24. The first-order valence-electron chi connectivity index (χ1n) is 8.32. The van der Waals surface area contributed by atoms with Gasteiger partial charge in [-0.05, 0) is 42.0 Å². The van der Waals surface area contributed by atoms with Crippen molar-refractivity contribution in [3.8, 4) is 0 Å². The molecule has 4 nitrogen and oxygen atoms in total. The zero-order valence-electron chi connectivity index (χ0n) is 14.4. The Hall–Kier alpha value is -3.37. The Kier molecular flexibility index (Phi) is 6.02. The van der Waals surface area contributed by atoms with Gasteiger partial charge in [0.25, 0.3) is 5.91 Å². The molecule has 0 aliphatic carbocycles. The summed E-state index contributed by atoms with van der Waals surface area (Å²) in [4.78, 5) is 24.5. The van der Waals surface area contributed by atoms with E-state index in [1.54, 1.807) is 36.4 Å². The Morgan fingerprint density at radius 3 is 2.19 bits per heavy atom. The summed E-state index contributed by atoms with van der Waals surface area (Å²) in [5.41, 5.74) is 2.37. The molecule has 0 spiro atoms. The van der Waals surface area contributed by atoms with E-state index in [2.05, 4.69) is 10.6 Å². The third kappa shape index (κ3) is 5.30. The highest BCUT2D eigenvalue weighted by atomic mass is 35.5. The van der Waals surface area contributed by atoms with Crippen LogP contribution in [-0.4, -0.2) is 11.8 Å². The number of carbonyl (C=O) groups is 2. The van der Waals surface area contributed by atoms with Gasteiger partial charge in [-0.15, -0.1) is 0 Å². The van der Waals surface area contributed by atoms with Gasteiger partial charge in [-0.25, -0.2) is 0 Å². The normalized spacial score (nSPS) is 10.6. The molecule has 0 aliphatic rings. The van der Waals surface area contributed by atoms with E-state index in [9.17, 15) is 9.59 Å². The van der Waals surface area contributed by atoms with Crippen molar-refractivity contribution in [2.75, 3.05) is 10.6 Å². The molecule has 3 rings (SSSR count). The Bertz CT molecular complexity index is 970. The molecule has 0 unspecified atom stereocenters. The number of para-hydroxylation sites is 1. The molecule has 0 radical (unpaired) electrons. The van der Waals surface area contributed by atoms with Crippen LogP contribution in [0.5, 0.6) is 0 Å². The number of carbonyl (C=O) groups excluding carboxylic acids is 2. The van der Waals surface area contributed by atoms with E-state index in [1.807, 2.05) is 48.5 Å². The van der Waals surface area contributed by atoms with E-state index in [-0.39, 0.29) is 11.8 Å². The van der Waals surface area contributed by atoms with Crippen molar-refractivity contribution in [1.82, 2.24) is 0 Å². The quantitative estimate of drug-likeness (QED) is 0.598. The number of benzene rings is 3. The molecule has 3 aromatic rings. The second-order valence-electron chi connectivity index (χ2n) is 5.75. The summed E-state index contributed by atoms with van der Waals surface area (Å²) in [5, 5.41) is 5.85. The van der Waals surface area contributed by atoms with Crippen LogP contribution in [0.3, 0.4) is 0 Å². The van der Waals surface area contributed by atoms with Gasteiger partial charge in [-0.3, -0.25) is 9.59 Å². The lowest BCUT2D eigenvalue weighted by Gasteiger charge is -2.09. The van der Waals surface area contributed by atoms with E-state index in [0.717, 1.165) is 5.56 Å². The summed E-state index contributed by atoms with van der Waals surface area (Å²) in [6.45, 7) is 0. The van der Waals surface area contributed by atoms with Gasteiger partial charge in [0.1, 0.15) is 0 Å². The fourth-order valence-electron chi connectivity index (χ4n) is 2.40. The molecular weight excluding hydrogens is 360 g/mol. The molecule has 0 saturated heterocycles. The smallest absolute Gasteiger partial charge is 0.255 e. The lowest BCUT2D eigenvalue weighted by Crippen LogP contribution is -2.13. The number of nitrogens with one attached hydrogen (secondary N) is 2. The highest BCUT2D eigenvalue weighted by Gasteiger charge is 2.10. The number of hydrogen-bond acceptors (Lipinski definition) is 2. The van der Waals surface area contributed by atoms with Crippen LogP contribution in [-0.2, 0) is 4.79 Å². The maximum atomic E-state index is 12.4. The molecule has 0 heterocycles. The summed E-state index contributed by atoms with van der Waals surface area (Å²) >= 11 is 6.15. The van der Waals surface area contributed by atoms with Crippen LogP contribution in [0.15, 0.2) is 84.9 Å². The van der Waals surface area contributed by atoms with Crippen LogP contribution in [0.2, 0.25) is 5.02 Å². The molecule has 2 amide bonds. The molecule has 134 valence electrons. The van der Waals surface area contributed by atoms with E-state index in [1.165, 1.54) is 6.08 Å². The van der Waals surface area contributed by atoms with E-state index in [4.69, 9.17) is 11.6 Å². The van der Waals surface area contributed by atoms with Crippen LogP contribution < -0.4 is 10.6 Å². The lowest BCUT2D eigenvalue weighted by atomic mass is 10.1. The summed E-state index contributed by atoms with van der Waals surface area (Å²) in [6.07, 6.45) is 3.12. The lowest BCUT2D eigenvalue weighted by molar-refractivity contribution is -0.111. The molecule has 0 atom stereocenters. The molecule has 0 aliphatic heterocycles. The minimum Gasteiger partial charge on any atom is -0.322 e. The molecule has 3 aromatic carbocycles. The third-order valence-corrected chi connectivity index (χ3v) is 4.07. The van der Waals surface area contributed by atoms with Gasteiger partial charge in [0.2, 0.25) is 5.91 Å². The van der Waals surface area contributed by atoms with Gasteiger partial charge in [0.15, 0.2) is 0 Å². The Morgan fingerprint density at radius 1 is 0.815 bits per heavy atom. The van der Waals surface area contributed by atoms with Crippen molar-refractivity contribution in [3.63, 3.8) is 0 Å². The average Bonchev–Trinajstić information content (AvgIpc) is 2.69. The fourth-order valence-corrected chi connectivity index (χ4v) is 2.56. The van der Waals surface area contributed by atoms with E-state index < -0.39 is 0 Å². The first kappa shape index (κ1) is 18.4. The van der Waals surface area contributed by atoms with E-state index >= 15 is 0 Å². The molecule has 0 saturated carbocycles. The topological polar surface area (TPSA) is 58.2 Å². The Morgan fingerprint density at radius 2 is 1.48 bits per heavy atom. The van der Waals surface area contributed by atoms with Crippen molar-refractivity contribution in [2.45, 2.75) is 0 Å². The highest BCUT2D eigenvalue weighted by molar-refractivity contribution is 6.34. The highest BCUT2D eigenvalue weighted by Crippen LogP contribution is 2.24. The number of hydrogen-bond donors (Lipinski definition) is 2. The molecule has 0 bridgehead atoms. The van der Waals surface area contributed by atoms with Crippen LogP contribution in [0.25, 0.3) is 6.08 Å². The molecule has 0 fully saturated rings. The van der Waals surface area contributed by atoms with Gasteiger partial charge in [0.05, 0.1) is 10.7 Å². The first-order chi connectivity index (χ1) is 13.1. The predicted molar refractivity (Wildman–Crippen MR) is 110 cm³/mol. The van der Waals surface area contributed by atoms with Crippen LogP contribution in [0, 0.1) is 0 Å². The van der Waals surface area contributed by atoms with Gasteiger partial charge >= 0.3 is 0 Å². The summed E-state index contributed by atoms with van der Waals surface area (Å²) < 4.78 is 0. The first-order valence-corrected chi connectivity index (χ1v) is 8.70. The number of anilines is 2. The molecule has 2 N–H and O–H groups in total. The Labute approximate surface area is 162 Å². The maximum Gasteiger partial charge on any atom is 0.255 e.